The third-order valence-electron chi connectivity index (χ3n) is 4.20. The summed E-state index contributed by atoms with van der Waals surface area (Å²) in [6.45, 7) is 1.84. The van der Waals surface area contributed by atoms with Gasteiger partial charge in [-0.2, -0.15) is 0 Å². The number of aryl methyl sites for hydroxylation is 1. The first-order valence-corrected chi connectivity index (χ1v) is 7.09. The Kier molecular flexibility index (Phi) is 3.41. The van der Waals surface area contributed by atoms with E-state index in [9.17, 15) is 9.59 Å². The molecular weight excluding hydrogens is 270 g/mol. The van der Waals surface area contributed by atoms with Gasteiger partial charge in [0, 0.05) is 17.0 Å². The average molecular weight is 287 g/mol. The largest absolute Gasteiger partial charge is 0.481 e. The van der Waals surface area contributed by atoms with E-state index in [0.717, 1.165) is 17.4 Å². The highest BCUT2D eigenvalue weighted by molar-refractivity contribution is 5.99. The molecule has 0 saturated heterocycles. The van der Waals surface area contributed by atoms with Crippen molar-refractivity contribution in [2.24, 2.45) is 5.92 Å². The Morgan fingerprint density at radius 3 is 2.76 bits per heavy atom. The summed E-state index contributed by atoms with van der Waals surface area (Å²) in [5, 5.41) is 12.9. The summed E-state index contributed by atoms with van der Waals surface area (Å²) in [6, 6.07) is 7.14. The van der Waals surface area contributed by atoms with Crippen molar-refractivity contribution >= 4 is 22.8 Å². The van der Waals surface area contributed by atoms with E-state index in [4.69, 9.17) is 9.52 Å². The van der Waals surface area contributed by atoms with E-state index in [1.807, 2.05) is 31.2 Å². The van der Waals surface area contributed by atoms with Crippen LogP contribution in [0.3, 0.4) is 0 Å². The maximum Gasteiger partial charge on any atom is 0.308 e. The summed E-state index contributed by atoms with van der Waals surface area (Å²) in [5.74, 6) is -1.41. The molecule has 1 aliphatic carbocycles. The summed E-state index contributed by atoms with van der Waals surface area (Å²) in [4.78, 5) is 23.5. The number of carbonyl (C=O) groups excluding carboxylic acids is 1. The first-order valence-electron chi connectivity index (χ1n) is 7.09. The second-order valence-electron chi connectivity index (χ2n) is 5.51. The summed E-state index contributed by atoms with van der Waals surface area (Å²) in [7, 11) is 0. The van der Waals surface area contributed by atoms with Crippen LogP contribution in [0.25, 0.3) is 11.0 Å². The maximum absolute atomic E-state index is 12.4. The second kappa shape index (κ2) is 5.24. The number of carbonyl (C=O) groups is 2. The van der Waals surface area contributed by atoms with Crippen molar-refractivity contribution in [2.45, 2.75) is 32.2 Å². The van der Waals surface area contributed by atoms with Crippen LogP contribution in [0, 0.1) is 12.8 Å². The molecule has 3 rings (SSSR count). The third-order valence-corrected chi connectivity index (χ3v) is 4.20. The number of benzene rings is 1. The molecule has 1 aromatic carbocycles. The minimum Gasteiger partial charge on any atom is -0.481 e. The molecule has 0 spiro atoms. The number of carboxylic acid groups (broad SMARTS) is 1. The molecule has 1 fully saturated rings. The molecular formula is C16H17NO4. The van der Waals surface area contributed by atoms with Gasteiger partial charge in [-0.1, -0.05) is 24.6 Å². The van der Waals surface area contributed by atoms with Crippen molar-refractivity contribution in [2.75, 3.05) is 0 Å². The number of hydrogen-bond donors (Lipinski definition) is 2. The Morgan fingerprint density at radius 1 is 1.29 bits per heavy atom. The van der Waals surface area contributed by atoms with Crippen LogP contribution in [0.2, 0.25) is 0 Å². The van der Waals surface area contributed by atoms with Gasteiger partial charge in [0.25, 0.3) is 5.91 Å². The van der Waals surface area contributed by atoms with Gasteiger partial charge in [-0.25, -0.2) is 0 Å². The van der Waals surface area contributed by atoms with Crippen LogP contribution in [0.5, 0.6) is 0 Å². The van der Waals surface area contributed by atoms with Gasteiger partial charge in [-0.3, -0.25) is 9.59 Å². The fourth-order valence-corrected chi connectivity index (χ4v) is 3.05. The molecule has 0 aliphatic heterocycles. The van der Waals surface area contributed by atoms with Crippen molar-refractivity contribution in [3.05, 3.63) is 35.6 Å². The zero-order chi connectivity index (χ0) is 15.0. The number of para-hydroxylation sites is 1. The van der Waals surface area contributed by atoms with Gasteiger partial charge < -0.3 is 14.8 Å². The quantitative estimate of drug-likeness (QED) is 0.909. The highest BCUT2D eigenvalue weighted by atomic mass is 16.4. The van der Waals surface area contributed by atoms with Crippen LogP contribution in [-0.2, 0) is 4.79 Å². The standard InChI is InChI=1S/C16H17NO4/c1-9-10-5-2-3-8-13(10)21-14(9)15(18)17-12-7-4-6-11(12)16(19)20/h2-3,5,8,11-12H,4,6-7H2,1H3,(H,17,18)(H,19,20)/t11-,12+/m0/s1. The normalized spacial score (nSPS) is 21.6. The lowest BCUT2D eigenvalue weighted by molar-refractivity contribution is -0.142. The lowest BCUT2D eigenvalue weighted by atomic mass is 10.0. The molecule has 0 unspecified atom stereocenters. The SMILES string of the molecule is Cc1c(C(=O)N[C@@H]2CCC[C@@H]2C(=O)O)oc2ccccc12. The Balaban J connectivity index is 1.84. The Labute approximate surface area is 121 Å². The number of carboxylic acids is 1. The monoisotopic (exact) mass is 287 g/mol. The molecule has 0 radical (unpaired) electrons. The molecule has 1 aliphatic rings. The van der Waals surface area contributed by atoms with E-state index in [-0.39, 0.29) is 17.7 Å². The summed E-state index contributed by atoms with van der Waals surface area (Å²) in [6.07, 6.45) is 2.13. The molecule has 2 atom stereocenters. The first kappa shape index (κ1) is 13.7. The van der Waals surface area contributed by atoms with Gasteiger partial charge in [0.2, 0.25) is 0 Å². The Morgan fingerprint density at radius 2 is 2.05 bits per heavy atom. The number of hydrogen-bond acceptors (Lipinski definition) is 3. The lowest BCUT2D eigenvalue weighted by Gasteiger charge is -2.16. The summed E-state index contributed by atoms with van der Waals surface area (Å²) < 4.78 is 5.61. The Bertz CT molecular complexity index is 703. The second-order valence-corrected chi connectivity index (χ2v) is 5.51. The van der Waals surface area contributed by atoms with Crippen molar-refractivity contribution in [3.8, 4) is 0 Å². The predicted molar refractivity (Wildman–Crippen MR) is 77.2 cm³/mol. The number of rotatable bonds is 3. The van der Waals surface area contributed by atoms with Gasteiger partial charge in [0.15, 0.2) is 5.76 Å². The van der Waals surface area contributed by atoms with Gasteiger partial charge in [-0.05, 0) is 25.8 Å². The smallest absolute Gasteiger partial charge is 0.308 e. The number of fused-ring (bicyclic) bond motifs is 1. The first-order chi connectivity index (χ1) is 10.1. The zero-order valence-corrected chi connectivity index (χ0v) is 11.8. The van der Waals surface area contributed by atoms with Crippen LogP contribution in [0.15, 0.2) is 28.7 Å². The molecule has 21 heavy (non-hydrogen) atoms. The van der Waals surface area contributed by atoms with E-state index in [0.29, 0.717) is 18.4 Å². The van der Waals surface area contributed by atoms with Crippen LogP contribution in [0.4, 0.5) is 0 Å². The molecule has 0 bridgehead atoms. The van der Waals surface area contributed by atoms with E-state index in [2.05, 4.69) is 5.32 Å². The summed E-state index contributed by atoms with van der Waals surface area (Å²) in [5.41, 5.74) is 1.45. The fourth-order valence-electron chi connectivity index (χ4n) is 3.05. The molecule has 1 heterocycles. The molecule has 110 valence electrons. The zero-order valence-electron chi connectivity index (χ0n) is 11.8. The predicted octanol–water partition coefficient (Wildman–Crippen LogP) is 2.72. The van der Waals surface area contributed by atoms with E-state index in [1.165, 1.54) is 0 Å². The van der Waals surface area contributed by atoms with Gasteiger partial charge >= 0.3 is 5.97 Å². The van der Waals surface area contributed by atoms with Crippen molar-refractivity contribution in [1.29, 1.82) is 0 Å². The minimum absolute atomic E-state index is 0.271. The number of amides is 1. The van der Waals surface area contributed by atoms with Crippen LogP contribution in [-0.4, -0.2) is 23.0 Å². The third kappa shape index (κ3) is 2.39. The van der Waals surface area contributed by atoms with Crippen LogP contribution < -0.4 is 5.32 Å². The number of nitrogens with one attached hydrogen (secondary N) is 1. The van der Waals surface area contributed by atoms with E-state index in [1.54, 1.807) is 0 Å². The number of furan rings is 1. The van der Waals surface area contributed by atoms with Crippen molar-refractivity contribution < 1.29 is 19.1 Å². The Hall–Kier alpha value is -2.30. The summed E-state index contributed by atoms with van der Waals surface area (Å²) >= 11 is 0. The molecule has 5 nitrogen and oxygen atoms in total. The van der Waals surface area contributed by atoms with E-state index < -0.39 is 11.9 Å². The van der Waals surface area contributed by atoms with Gasteiger partial charge in [-0.15, -0.1) is 0 Å². The molecule has 1 aromatic heterocycles. The van der Waals surface area contributed by atoms with E-state index >= 15 is 0 Å². The van der Waals surface area contributed by atoms with Crippen molar-refractivity contribution in [1.82, 2.24) is 5.32 Å². The molecule has 1 amide bonds. The fraction of sp³-hybridized carbons (Fsp3) is 0.375. The minimum atomic E-state index is -0.848. The van der Waals surface area contributed by atoms with Crippen molar-refractivity contribution in [3.63, 3.8) is 0 Å². The molecule has 2 aromatic rings. The molecule has 1 saturated carbocycles. The molecule has 2 N–H and O–H groups in total. The highest BCUT2D eigenvalue weighted by Gasteiger charge is 2.34. The van der Waals surface area contributed by atoms with Gasteiger partial charge in [0.05, 0.1) is 5.92 Å². The maximum atomic E-state index is 12.4. The average Bonchev–Trinajstić information content (AvgIpc) is 3.04. The number of aliphatic carboxylic acids is 1. The lowest BCUT2D eigenvalue weighted by Crippen LogP contribution is -2.40. The van der Waals surface area contributed by atoms with Gasteiger partial charge in [0.1, 0.15) is 5.58 Å². The topological polar surface area (TPSA) is 79.5 Å². The molecule has 5 heteroatoms. The van der Waals surface area contributed by atoms with Crippen LogP contribution >= 0.6 is 0 Å². The highest BCUT2D eigenvalue weighted by Crippen LogP contribution is 2.28. The van der Waals surface area contributed by atoms with Crippen LogP contribution in [0.1, 0.15) is 35.4 Å².